The Kier molecular flexibility index (Phi) is 6.30. The molecule has 3 unspecified atom stereocenters. The van der Waals surface area contributed by atoms with Gasteiger partial charge in [-0.2, -0.15) is 0 Å². The van der Waals surface area contributed by atoms with Gasteiger partial charge in [0.25, 0.3) is 0 Å². The van der Waals surface area contributed by atoms with Gasteiger partial charge in [-0.25, -0.2) is 4.90 Å². The van der Waals surface area contributed by atoms with Gasteiger partial charge < -0.3 is 9.72 Å². The van der Waals surface area contributed by atoms with E-state index in [9.17, 15) is 14.4 Å². The summed E-state index contributed by atoms with van der Waals surface area (Å²) in [6.07, 6.45) is 0. The minimum absolute atomic E-state index is 0.204. The van der Waals surface area contributed by atoms with Gasteiger partial charge in [0.2, 0.25) is 11.8 Å². The van der Waals surface area contributed by atoms with Crippen molar-refractivity contribution < 1.29 is 14.3 Å². The summed E-state index contributed by atoms with van der Waals surface area (Å²) in [5.74, 6) is -1.06. The number of amides is 2. The number of nitrogens with zero attached hydrogens (tertiary/aromatic N) is 1. The minimum Gasteiger partial charge on any atom is -0.489 e. The lowest BCUT2D eigenvalue weighted by Crippen LogP contribution is -2.32. The summed E-state index contributed by atoms with van der Waals surface area (Å²) in [7, 11) is 0. The fourth-order valence-corrected chi connectivity index (χ4v) is 7.68. The average molecular weight is 594 g/mol. The second-order valence-corrected chi connectivity index (χ2v) is 12.1. The Morgan fingerprint density at radius 2 is 1.68 bits per heavy atom. The van der Waals surface area contributed by atoms with E-state index in [1.54, 1.807) is 12.1 Å². The number of carbonyl (C=O) groups is 2. The van der Waals surface area contributed by atoms with Gasteiger partial charge in [-0.1, -0.05) is 87.1 Å². The number of imide groups is 1. The monoisotopic (exact) mass is 592 g/mol. The Morgan fingerprint density at radius 3 is 2.43 bits per heavy atom. The van der Waals surface area contributed by atoms with Crippen molar-refractivity contribution in [3.05, 3.63) is 109 Å². The number of aromatic nitrogens is 1. The maximum absolute atomic E-state index is 13.9. The first kappa shape index (κ1) is 24.2. The number of ether oxygens (including phenoxy) is 1. The van der Waals surface area contributed by atoms with Gasteiger partial charge >= 0.3 is 4.87 Å². The third-order valence-electron chi connectivity index (χ3n) is 6.68. The van der Waals surface area contributed by atoms with Gasteiger partial charge in [0.1, 0.15) is 17.6 Å². The number of hydrogen-bond acceptors (Lipinski definition) is 6. The summed E-state index contributed by atoms with van der Waals surface area (Å²) in [6.45, 7) is 2.40. The zero-order valence-electron chi connectivity index (χ0n) is 19.6. The molecule has 3 aromatic carbocycles. The Bertz CT molecular complexity index is 1560. The molecule has 4 aromatic rings. The van der Waals surface area contributed by atoms with Gasteiger partial charge in [-0.05, 0) is 42.8 Å². The van der Waals surface area contributed by atoms with E-state index < -0.39 is 17.1 Å². The number of para-hydroxylation sites is 1. The molecule has 6 rings (SSSR count). The number of hydrogen-bond donors (Lipinski definition) is 1. The van der Waals surface area contributed by atoms with Crippen LogP contribution in [0.25, 0.3) is 0 Å². The van der Waals surface area contributed by atoms with Crippen molar-refractivity contribution in [2.24, 2.45) is 5.92 Å². The molecule has 1 saturated heterocycles. The number of benzene rings is 3. The summed E-state index contributed by atoms with van der Waals surface area (Å²) in [4.78, 5) is 44.6. The van der Waals surface area contributed by atoms with Crippen LogP contribution < -0.4 is 14.5 Å². The standard InChI is InChI=1S/C28H21BrN2O4S2/c1-15-6-8-16(9-7-15)14-35-20-5-3-2-4-19(20)21-22-24(36-25-23(21)37-28(34)30-25)27(33)31(26(22)32)18-12-10-17(29)11-13-18/h2-13,21-22,24H,14H2,1H3,(H,30,34). The Balaban J connectivity index is 1.41. The molecule has 1 N–H and O–H groups in total. The highest BCUT2D eigenvalue weighted by Gasteiger charge is 2.56. The minimum atomic E-state index is -0.663. The highest BCUT2D eigenvalue weighted by Crippen LogP contribution is 2.54. The van der Waals surface area contributed by atoms with Crippen LogP contribution in [-0.4, -0.2) is 22.0 Å². The summed E-state index contributed by atoms with van der Waals surface area (Å²) in [5, 5.41) is -0.00237. The van der Waals surface area contributed by atoms with Crippen LogP contribution in [0.1, 0.15) is 27.5 Å². The topological polar surface area (TPSA) is 79.5 Å². The molecule has 2 aliphatic rings. The van der Waals surface area contributed by atoms with Crippen molar-refractivity contribution in [1.82, 2.24) is 4.98 Å². The van der Waals surface area contributed by atoms with Crippen molar-refractivity contribution in [2.75, 3.05) is 4.90 Å². The molecule has 0 aliphatic carbocycles. The van der Waals surface area contributed by atoms with Crippen LogP contribution in [0.4, 0.5) is 5.69 Å². The normalized spacial score (nSPS) is 20.6. The van der Waals surface area contributed by atoms with Gasteiger partial charge in [0.15, 0.2) is 0 Å². The van der Waals surface area contributed by atoms with E-state index in [4.69, 9.17) is 4.74 Å². The number of anilines is 1. The molecule has 0 radical (unpaired) electrons. The first-order valence-corrected chi connectivity index (χ1v) is 14.2. The lowest BCUT2D eigenvalue weighted by atomic mass is 9.82. The number of rotatable bonds is 5. The van der Waals surface area contributed by atoms with Crippen molar-refractivity contribution in [3.8, 4) is 5.75 Å². The molecule has 0 bridgehead atoms. The molecule has 6 nitrogen and oxygen atoms in total. The number of halogens is 1. The Hall–Kier alpha value is -3.14. The molecular weight excluding hydrogens is 572 g/mol. The van der Waals surface area contributed by atoms with E-state index in [0.29, 0.717) is 23.1 Å². The maximum atomic E-state index is 13.9. The van der Waals surface area contributed by atoms with Gasteiger partial charge in [0, 0.05) is 20.8 Å². The zero-order chi connectivity index (χ0) is 25.7. The second kappa shape index (κ2) is 9.63. The molecule has 186 valence electrons. The summed E-state index contributed by atoms with van der Waals surface area (Å²) >= 11 is 5.77. The number of nitrogens with one attached hydrogen (secondary N) is 1. The molecule has 3 heterocycles. The first-order chi connectivity index (χ1) is 17.9. The number of aromatic amines is 1. The Labute approximate surface area is 229 Å². The van der Waals surface area contributed by atoms with E-state index in [0.717, 1.165) is 31.8 Å². The van der Waals surface area contributed by atoms with E-state index >= 15 is 0 Å². The highest BCUT2D eigenvalue weighted by molar-refractivity contribution is 9.10. The number of carbonyl (C=O) groups excluding carboxylic acids is 2. The zero-order valence-corrected chi connectivity index (χ0v) is 22.9. The third-order valence-corrected chi connectivity index (χ3v) is 9.61. The molecule has 2 amide bonds. The van der Waals surface area contributed by atoms with Crippen LogP contribution >= 0.6 is 39.0 Å². The van der Waals surface area contributed by atoms with Crippen LogP contribution in [0.3, 0.4) is 0 Å². The van der Waals surface area contributed by atoms with Gasteiger partial charge in [-0.15, -0.1) is 0 Å². The number of aryl methyl sites for hydroxylation is 1. The highest BCUT2D eigenvalue weighted by atomic mass is 79.9. The summed E-state index contributed by atoms with van der Waals surface area (Å²) < 4.78 is 7.13. The molecule has 1 aromatic heterocycles. The molecule has 0 spiro atoms. The average Bonchev–Trinajstić information content (AvgIpc) is 3.39. The summed E-state index contributed by atoms with van der Waals surface area (Å²) in [6, 6.07) is 22.9. The summed E-state index contributed by atoms with van der Waals surface area (Å²) in [5.41, 5.74) is 3.52. The van der Waals surface area contributed by atoms with Crippen LogP contribution in [0, 0.1) is 12.8 Å². The lowest BCUT2D eigenvalue weighted by molar-refractivity contribution is -0.122. The van der Waals surface area contributed by atoms with Crippen molar-refractivity contribution >= 4 is 56.5 Å². The van der Waals surface area contributed by atoms with Gasteiger partial charge in [0.05, 0.1) is 16.6 Å². The van der Waals surface area contributed by atoms with E-state index in [2.05, 4.69) is 20.9 Å². The van der Waals surface area contributed by atoms with Crippen LogP contribution in [0.2, 0.25) is 0 Å². The van der Waals surface area contributed by atoms with Crippen LogP contribution in [0.15, 0.2) is 87.1 Å². The smallest absolute Gasteiger partial charge is 0.305 e. The quantitative estimate of drug-likeness (QED) is 0.293. The number of thioether (sulfide) groups is 1. The van der Waals surface area contributed by atoms with E-state index in [1.165, 1.54) is 22.2 Å². The van der Waals surface area contributed by atoms with E-state index in [1.807, 2.05) is 67.6 Å². The number of thiazole rings is 1. The molecule has 2 aliphatic heterocycles. The molecule has 1 fully saturated rings. The van der Waals surface area contributed by atoms with Crippen LogP contribution in [0.5, 0.6) is 5.75 Å². The largest absolute Gasteiger partial charge is 0.489 e. The molecule has 0 saturated carbocycles. The number of fused-ring (bicyclic) bond motifs is 2. The molecule has 37 heavy (non-hydrogen) atoms. The van der Waals surface area contributed by atoms with Crippen LogP contribution in [-0.2, 0) is 16.2 Å². The van der Waals surface area contributed by atoms with Gasteiger partial charge in [-0.3, -0.25) is 14.4 Å². The fourth-order valence-electron chi connectivity index (χ4n) is 4.91. The molecule has 3 atom stereocenters. The first-order valence-electron chi connectivity index (χ1n) is 11.7. The fraction of sp³-hybridized carbons (Fsp3) is 0.179. The Morgan fingerprint density at radius 1 is 0.946 bits per heavy atom. The van der Waals surface area contributed by atoms with E-state index in [-0.39, 0.29) is 16.7 Å². The molecular formula is C28H21BrN2O4S2. The molecule has 9 heteroatoms. The predicted octanol–water partition coefficient (Wildman–Crippen LogP) is 5.88. The SMILES string of the molecule is Cc1ccc(COc2ccccc2C2c3sc(=O)[nH]c3SC3C(=O)N(c4ccc(Br)cc4)C(=O)C32)cc1. The number of H-pyrrole nitrogens is 1. The predicted molar refractivity (Wildman–Crippen MR) is 149 cm³/mol. The maximum Gasteiger partial charge on any atom is 0.305 e. The van der Waals surface area contributed by atoms with Crippen molar-refractivity contribution in [1.29, 1.82) is 0 Å². The lowest BCUT2D eigenvalue weighted by Gasteiger charge is -2.30. The third kappa shape index (κ3) is 4.35. The van der Waals surface area contributed by atoms with Crippen molar-refractivity contribution in [3.63, 3.8) is 0 Å². The van der Waals surface area contributed by atoms with Crippen molar-refractivity contribution in [2.45, 2.75) is 29.7 Å². The second-order valence-electron chi connectivity index (χ2n) is 9.05.